The number of esters is 4. The normalized spacial score (nSPS) is 14.4. The van der Waals surface area contributed by atoms with E-state index in [0.717, 1.165) is 114 Å². The topological polar surface area (TPSA) is 237 Å². The molecule has 17 nitrogen and oxygen atoms in total. The fourth-order valence-corrected chi connectivity index (χ4v) is 12.9. The van der Waals surface area contributed by atoms with E-state index >= 15 is 0 Å². The van der Waals surface area contributed by atoms with Gasteiger partial charge >= 0.3 is 39.5 Å². The second-order valence-corrected chi connectivity index (χ2v) is 31.6. The average molecular weight is 1380 g/mol. The molecule has 0 bridgehead atoms. The third-order valence-corrected chi connectivity index (χ3v) is 19.6. The Morgan fingerprint density at radius 3 is 0.755 bits per heavy atom. The fourth-order valence-electron chi connectivity index (χ4n) is 11.3. The highest BCUT2D eigenvalue weighted by Gasteiger charge is 2.30. The molecule has 19 heteroatoms. The van der Waals surface area contributed by atoms with E-state index in [1.54, 1.807) is 0 Å². The smallest absolute Gasteiger partial charge is 0.462 e. The van der Waals surface area contributed by atoms with Gasteiger partial charge in [-0.2, -0.15) is 0 Å². The average Bonchev–Trinajstić information content (AvgIpc) is 2.21. The maximum absolute atomic E-state index is 13.1. The second kappa shape index (κ2) is 64.4. The quantitative estimate of drug-likeness (QED) is 0.0222. The van der Waals surface area contributed by atoms with E-state index in [4.69, 9.17) is 37.0 Å². The molecule has 0 fully saturated rings. The van der Waals surface area contributed by atoms with Crippen molar-refractivity contribution in [3.05, 3.63) is 0 Å². The summed E-state index contributed by atoms with van der Waals surface area (Å²) in [4.78, 5) is 72.7. The third-order valence-electron chi connectivity index (χ3n) is 17.7. The van der Waals surface area contributed by atoms with Gasteiger partial charge < -0.3 is 33.8 Å². The van der Waals surface area contributed by atoms with E-state index in [1.807, 2.05) is 0 Å². The van der Waals surface area contributed by atoms with Gasteiger partial charge in [-0.15, -0.1) is 0 Å². The highest BCUT2D eigenvalue weighted by molar-refractivity contribution is 7.47. The number of ether oxygens (including phenoxy) is 4. The summed E-state index contributed by atoms with van der Waals surface area (Å²) in [6.07, 6.45) is 48.7. The predicted octanol–water partition coefficient (Wildman–Crippen LogP) is 21.7. The first-order chi connectivity index (χ1) is 45.1. The van der Waals surface area contributed by atoms with Crippen LogP contribution >= 0.6 is 15.6 Å². The highest BCUT2D eigenvalue weighted by Crippen LogP contribution is 2.45. The third kappa shape index (κ3) is 67.3. The van der Waals surface area contributed by atoms with Crippen LogP contribution in [-0.4, -0.2) is 96.7 Å². The Hall–Kier alpha value is -1.94. The van der Waals surface area contributed by atoms with E-state index < -0.39 is 97.5 Å². The Bertz CT molecular complexity index is 1850. The van der Waals surface area contributed by atoms with Crippen LogP contribution in [0.3, 0.4) is 0 Å². The molecule has 0 rings (SSSR count). The molecule has 4 unspecified atom stereocenters. The number of carbonyl (C=O) groups excluding carboxylic acids is 4. The lowest BCUT2D eigenvalue weighted by Gasteiger charge is -2.21. The first kappa shape index (κ1) is 92.1. The van der Waals surface area contributed by atoms with Gasteiger partial charge in [-0.1, -0.05) is 325 Å². The number of phosphoric acid groups is 2. The lowest BCUT2D eigenvalue weighted by atomic mass is 9.99. The SMILES string of the molecule is CCC(C)CCCCCCCCCCC(=O)O[C@H](COC(=O)CCCCCCCCCCCCCCC(C)C)COP(=O)(O)OCC(O)COP(=O)(O)OC[C@@H](COC(=O)CCCCCCCCC(C)C)OC(=O)CCCCCCCCCCCCCCCCCC(C)C. The summed E-state index contributed by atoms with van der Waals surface area (Å²) in [5.74, 6) is 0.908. The molecule has 0 aromatic heterocycles. The van der Waals surface area contributed by atoms with Crippen molar-refractivity contribution in [2.45, 2.75) is 395 Å². The van der Waals surface area contributed by atoms with Gasteiger partial charge in [0, 0.05) is 25.7 Å². The van der Waals surface area contributed by atoms with E-state index in [-0.39, 0.29) is 25.7 Å². The predicted molar refractivity (Wildman–Crippen MR) is 381 cm³/mol. The van der Waals surface area contributed by atoms with E-state index in [1.165, 1.54) is 173 Å². The molecule has 94 heavy (non-hydrogen) atoms. The number of unbranched alkanes of at least 4 members (excludes halogenated alkanes) is 37. The van der Waals surface area contributed by atoms with Crippen LogP contribution in [-0.2, 0) is 65.4 Å². The van der Waals surface area contributed by atoms with E-state index in [2.05, 4.69) is 55.4 Å². The number of hydrogen-bond donors (Lipinski definition) is 3. The van der Waals surface area contributed by atoms with Crippen molar-refractivity contribution in [2.75, 3.05) is 39.6 Å². The Morgan fingerprint density at radius 1 is 0.298 bits per heavy atom. The van der Waals surface area contributed by atoms with Gasteiger partial charge in [-0.05, 0) is 49.4 Å². The molecule has 0 saturated heterocycles. The molecule has 0 spiro atoms. The molecule has 0 radical (unpaired) electrons. The van der Waals surface area contributed by atoms with Crippen LogP contribution in [0.4, 0.5) is 0 Å². The fraction of sp³-hybridized carbons (Fsp3) is 0.947. The Kier molecular flexibility index (Phi) is 63.1. The van der Waals surface area contributed by atoms with Gasteiger partial charge in [0.1, 0.15) is 19.3 Å². The number of aliphatic hydroxyl groups excluding tert-OH is 1. The Balaban J connectivity index is 5.21. The molecular formula is C75H146O17P2. The molecule has 0 aliphatic heterocycles. The molecule has 0 saturated carbocycles. The standard InChI is InChI=1S/C75H146O17P2/c1-9-68(8)54-46-38-29-25-26-32-42-50-58-75(80)92-70(61-85-72(77)55-47-39-30-23-19-16-15-18-22-28-36-44-52-66(4)5)63-89-93(81,82)87-59-69(76)60-88-94(83,84)90-64-71(62-86-73(78)56-48-40-34-33-37-45-53-67(6)7)91-74(79)57-49-41-31-24-20-14-12-10-11-13-17-21-27-35-43-51-65(2)3/h65-71,76H,9-64H2,1-8H3,(H,81,82)(H,83,84)/t68?,69?,70-,71-/m1/s1. The van der Waals surface area contributed by atoms with Crippen LogP contribution in [0.25, 0.3) is 0 Å². The first-order valence-corrected chi connectivity index (χ1v) is 41.7. The van der Waals surface area contributed by atoms with Crippen molar-refractivity contribution >= 4 is 39.5 Å². The van der Waals surface area contributed by atoms with Crippen LogP contribution < -0.4 is 0 Å². The maximum Gasteiger partial charge on any atom is 0.472 e. The molecule has 6 atom stereocenters. The minimum atomic E-state index is -4.96. The summed E-state index contributed by atoms with van der Waals surface area (Å²) in [7, 11) is -9.91. The summed E-state index contributed by atoms with van der Waals surface area (Å²) < 4.78 is 68.5. The lowest BCUT2D eigenvalue weighted by Crippen LogP contribution is -2.30. The minimum absolute atomic E-state index is 0.105. The van der Waals surface area contributed by atoms with Crippen LogP contribution in [0, 0.1) is 23.7 Å². The number of phosphoric ester groups is 2. The van der Waals surface area contributed by atoms with E-state index in [0.29, 0.717) is 31.6 Å². The molecule has 0 aromatic rings. The van der Waals surface area contributed by atoms with Gasteiger partial charge in [0.25, 0.3) is 0 Å². The molecular weight excluding hydrogens is 1230 g/mol. The van der Waals surface area contributed by atoms with Gasteiger partial charge in [0.05, 0.1) is 26.4 Å². The van der Waals surface area contributed by atoms with Crippen LogP contribution in [0.15, 0.2) is 0 Å². The number of carbonyl (C=O) groups is 4. The molecule has 3 N–H and O–H groups in total. The molecule has 0 aliphatic carbocycles. The largest absolute Gasteiger partial charge is 0.472 e. The Labute approximate surface area is 575 Å². The monoisotopic (exact) mass is 1380 g/mol. The second-order valence-electron chi connectivity index (χ2n) is 28.7. The maximum atomic E-state index is 13.1. The zero-order valence-corrected chi connectivity index (χ0v) is 63.4. The summed E-state index contributed by atoms with van der Waals surface area (Å²) in [5.41, 5.74) is 0. The van der Waals surface area contributed by atoms with Crippen LogP contribution in [0.2, 0.25) is 0 Å². The number of hydrogen-bond acceptors (Lipinski definition) is 15. The molecule has 0 aromatic carbocycles. The molecule has 0 heterocycles. The minimum Gasteiger partial charge on any atom is -0.462 e. The molecule has 0 aliphatic rings. The van der Waals surface area contributed by atoms with E-state index in [9.17, 15) is 43.2 Å². The van der Waals surface area contributed by atoms with Gasteiger partial charge in [0.2, 0.25) is 0 Å². The van der Waals surface area contributed by atoms with Crippen molar-refractivity contribution in [3.8, 4) is 0 Å². The number of rotatable bonds is 72. The Morgan fingerprint density at radius 2 is 0.511 bits per heavy atom. The summed E-state index contributed by atoms with van der Waals surface area (Å²) >= 11 is 0. The zero-order valence-electron chi connectivity index (χ0n) is 61.6. The van der Waals surface area contributed by atoms with Gasteiger partial charge in [0.15, 0.2) is 12.2 Å². The summed E-state index contributed by atoms with van der Waals surface area (Å²) in [6, 6.07) is 0. The first-order valence-electron chi connectivity index (χ1n) is 38.7. The van der Waals surface area contributed by atoms with Gasteiger partial charge in [-0.3, -0.25) is 37.3 Å². The lowest BCUT2D eigenvalue weighted by molar-refractivity contribution is -0.161. The molecule has 558 valence electrons. The van der Waals surface area contributed by atoms with Gasteiger partial charge in [-0.25, -0.2) is 9.13 Å². The summed E-state index contributed by atoms with van der Waals surface area (Å²) in [6.45, 7) is 14.1. The van der Waals surface area contributed by atoms with Crippen molar-refractivity contribution in [1.82, 2.24) is 0 Å². The van der Waals surface area contributed by atoms with Crippen LogP contribution in [0.5, 0.6) is 0 Å². The van der Waals surface area contributed by atoms with Crippen molar-refractivity contribution in [2.24, 2.45) is 23.7 Å². The van der Waals surface area contributed by atoms with Crippen molar-refractivity contribution in [3.63, 3.8) is 0 Å². The molecule has 0 amide bonds. The highest BCUT2D eigenvalue weighted by atomic mass is 31.2. The number of aliphatic hydroxyl groups is 1. The van der Waals surface area contributed by atoms with Crippen LogP contribution in [0.1, 0.15) is 376 Å². The van der Waals surface area contributed by atoms with Crippen molar-refractivity contribution in [1.29, 1.82) is 0 Å². The zero-order chi connectivity index (χ0) is 69.6. The van der Waals surface area contributed by atoms with Crippen molar-refractivity contribution < 1.29 is 80.2 Å². The summed E-state index contributed by atoms with van der Waals surface area (Å²) in [5, 5.41) is 10.6.